The van der Waals surface area contributed by atoms with Gasteiger partial charge in [0.15, 0.2) is 6.04 Å². The number of benzene rings is 2. The fourth-order valence-corrected chi connectivity index (χ4v) is 8.15. The Morgan fingerprint density at radius 1 is 0.644 bits per heavy atom. The van der Waals surface area contributed by atoms with Gasteiger partial charge in [0.25, 0.3) is 0 Å². The molecule has 7 N–H and O–H groups in total. The lowest BCUT2D eigenvalue weighted by atomic mass is 9.99. The van der Waals surface area contributed by atoms with Crippen LogP contribution in [-0.2, 0) is 65.4 Å². The zero-order chi connectivity index (χ0) is 54.6. The first-order valence-electron chi connectivity index (χ1n) is 25.9. The number of ether oxygens (including phenoxy) is 3. The van der Waals surface area contributed by atoms with Crippen molar-refractivity contribution in [1.29, 1.82) is 0 Å². The molecule has 2 aromatic carbocycles. The Bertz CT molecular complexity index is 2120. The number of amides is 7. The molecule has 1 aliphatic rings. The largest absolute Gasteiger partial charge is 0.458 e. The lowest BCUT2D eigenvalue weighted by molar-refractivity contribution is -0.160. The van der Waals surface area contributed by atoms with Crippen LogP contribution in [0.5, 0.6) is 0 Å². The van der Waals surface area contributed by atoms with E-state index in [1.807, 2.05) is 40.7 Å². The van der Waals surface area contributed by atoms with E-state index in [1.165, 1.54) is 6.92 Å². The van der Waals surface area contributed by atoms with E-state index in [1.54, 1.807) is 103 Å². The lowest BCUT2D eigenvalue weighted by Gasteiger charge is -2.33. The summed E-state index contributed by atoms with van der Waals surface area (Å²) in [7, 11) is 0. The number of cyclic esters (lactones) is 1. The summed E-state index contributed by atoms with van der Waals surface area (Å²) in [4.78, 5) is 115. The quantitative estimate of drug-likeness (QED) is 0.0763. The molecular weight excluding hydrogens is 935 g/mol. The van der Waals surface area contributed by atoms with Gasteiger partial charge in [-0.05, 0) is 97.6 Å². The normalized spacial score (nSPS) is 23.0. The fraction of sp³-hybridized carbons (Fsp3) is 0.636. The standard InChI is InChI=1S/C55H85N7O11/c1-14-15-18-27-44(63)56-41(30-37-23-19-16-20-24-37)50(67)61-45-35(6)72-53(70)43(32-71-54(8,9)10)60-52(69)46(36(7)73-55(11,12)13)62-49(66)40(29-34(4)5)57-48(65)42(31-38-25-21-17-22-26-38)58-47(64)39(28-33(2)3)59-51(45)68/h16-17,19-26,33-36,39-43,45-46H,14-15,18,27-32H2,1-13H3,(H,56,63)(H,57,65)(H,58,64)(H,59,68)(H,60,69)(H,61,67)(H,62,66)/t35-,36-,39-,40-,41-,42-,43+,45+,46+/m1/s1. The molecule has 9 atom stereocenters. The van der Waals surface area contributed by atoms with Crippen molar-refractivity contribution in [2.45, 2.75) is 207 Å². The monoisotopic (exact) mass is 1020 g/mol. The van der Waals surface area contributed by atoms with Gasteiger partial charge in [-0.2, -0.15) is 0 Å². The van der Waals surface area contributed by atoms with Gasteiger partial charge in [-0.25, -0.2) is 4.79 Å². The molecule has 7 amide bonds. The molecule has 1 heterocycles. The van der Waals surface area contributed by atoms with E-state index in [4.69, 9.17) is 14.2 Å². The molecular formula is C55H85N7O11. The average molecular weight is 1020 g/mol. The Hall–Kier alpha value is -5.88. The Morgan fingerprint density at radius 2 is 1.15 bits per heavy atom. The highest BCUT2D eigenvalue weighted by atomic mass is 16.6. The van der Waals surface area contributed by atoms with E-state index in [0.29, 0.717) is 17.5 Å². The minimum atomic E-state index is -1.69. The van der Waals surface area contributed by atoms with E-state index in [0.717, 1.165) is 12.8 Å². The molecule has 406 valence electrons. The van der Waals surface area contributed by atoms with Crippen molar-refractivity contribution in [3.8, 4) is 0 Å². The topological polar surface area (TPSA) is 248 Å². The van der Waals surface area contributed by atoms with Gasteiger partial charge in [0.2, 0.25) is 41.4 Å². The number of carbonyl (C=O) groups is 8. The summed E-state index contributed by atoms with van der Waals surface area (Å²) in [5.41, 5.74) is -0.229. The Balaban J connectivity index is 2.27. The lowest BCUT2D eigenvalue weighted by Crippen LogP contribution is -2.62. The van der Waals surface area contributed by atoms with Crippen LogP contribution in [0.2, 0.25) is 0 Å². The maximum atomic E-state index is 14.8. The molecule has 1 saturated heterocycles. The van der Waals surface area contributed by atoms with Gasteiger partial charge >= 0.3 is 5.97 Å². The molecule has 0 unspecified atom stereocenters. The van der Waals surface area contributed by atoms with Crippen LogP contribution in [0.1, 0.15) is 140 Å². The molecule has 18 heteroatoms. The minimum Gasteiger partial charge on any atom is -0.458 e. The van der Waals surface area contributed by atoms with E-state index in [9.17, 15) is 38.4 Å². The number of nitrogens with one attached hydrogen (secondary N) is 7. The highest BCUT2D eigenvalue weighted by molar-refractivity contribution is 5.98. The maximum absolute atomic E-state index is 14.8. The van der Waals surface area contributed by atoms with E-state index < -0.39 is 114 Å². The van der Waals surface area contributed by atoms with Crippen LogP contribution in [0, 0.1) is 11.8 Å². The Kier molecular flexibility index (Phi) is 24.5. The van der Waals surface area contributed by atoms with Gasteiger partial charge < -0.3 is 51.4 Å². The molecule has 0 bridgehead atoms. The van der Waals surface area contributed by atoms with Crippen LogP contribution >= 0.6 is 0 Å². The summed E-state index contributed by atoms with van der Waals surface area (Å²) >= 11 is 0. The predicted octanol–water partition coefficient (Wildman–Crippen LogP) is 4.50. The van der Waals surface area contributed by atoms with Gasteiger partial charge in [0, 0.05) is 19.3 Å². The first kappa shape index (κ1) is 61.4. The second kappa shape index (κ2) is 29.1. The van der Waals surface area contributed by atoms with Crippen molar-refractivity contribution < 1.29 is 52.6 Å². The number of carbonyl (C=O) groups excluding carboxylic acids is 8. The van der Waals surface area contributed by atoms with Crippen molar-refractivity contribution in [2.75, 3.05) is 6.61 Å². The molecule has 2 aromatic rings. The second-order valence-corrected chi connectivity index (χ2v) is 21.9. The zero-order valence-corrected chi connectivity index (χ0v) is 45.5. The van der Waals surface area contributed by atoms with Crippen LogP contribution in [-0.4, -0.2) is 120 Å². The first-order valence-corrected chi connectivity index (χ1v) is 25.9. The summed E-state index contributed by atoms with van der Waals surface area (Å²) in [5.74, 6) is -6.47. The predicted molar refractivity (Wildman–Crippen MR) is 278 cm³/mol. The summed E-state index contributed by atoms with van der Waals surface area (Å²) in [6, 6.07) is 8.28. The van der Waals surface area contributed by atoms with E-state index >= 15 is 0 Å². The van der Waals surface area contributed by atoms with Crippen molar-refractivity contribution in [1.82, 2.24) is 37.2 Å². The maximum Gasteiger partial charge on any atom is 0.331 e. The highest BCUT2D eigenvalue weighted by Crippen LogP contribution is 2.18. The number of unbranched alkanes of at least 4 members (excludes halogenated alkanes) is 2. The third-order valence-electron chi connectivity index (χ3n) is 11.8. The van der Waals surface area contributed by atoms with Crippen LogP contribution < -0.4 is 37.2 Å². The van der Waals surface area contributed by atoms with Gasteiger partial charge in [0.05, 0.1) is 23.9 Å². The second-order valence-electron chi connectivity index (χ2n) is 21.9. The molecule has 1 fully saturated rings. The molecule has 0 radical (unpaired) electrons. The molecule has 0 aromatic heterocycles. The first-order chi connectivity index (χ1) is 34.2. The number of hydrogen-bond acceptors (Lipinski definition) is 11. The summed E-state index contributed by atoms with van der Waals surface area (Å²) in [6.45, 7) is 22.5. The summed E-state index contributed by atoms with van der Waals surface area (Å²) in [6.07, 6.45) is 0.185. The highest BCUT2D eigenvalue weighted by Gasteiger charge is 2.40. The van der Waals surface area contributed by atoms with Crippen LogP contribution in [0.3, 0.4) is 0 Å². The Labute approximate surface area is 433 Å². The smallest absolute Gasteiger partial charge is 0.331 e. The molecule has 3 rings (SSSR count). The molecule has 0 spiro atoms. The van der Waals surface area contributed by atoms with Crippen LogP contribution in [0.25, 0.3) is 0 Å². The average Bonchev–Trinajstić information content (AvgIpc) is 3.29. The van der Waals surface area contributed by atoms with Crippen molar-refractivity contribution in [3.63, 3.8) is 0 Å². The molecule has 18 nitrogen and oxygen atoms in total. The summed E-state index contributed by atoms with van der Waals surface area (Å²) in [5, 5.41) is 19.5. The van der Waals surface area contributed by atoms with Gasteiger partial charge in [-0.3, -0.25) is 33.6 Å². The zero-order valence-electron chi connectivity index (χ0n) is 45.5. The Morgan fingerprint density at radius 3 is 1.68 bits per heavy atom. The van der Waals surface area contributed by atoms with Crippen molar-refractivity contribution in [2.24, 2.45) is 11.8 Å². The fourth-order valence-electron chi connectivity index (χ4n) is 8.15. The van der Waals surface area contributed by atoms with Crippen molar-refractivity contribution in [3.05, 3.63) is 71.8 Å². The van der Waals surface area contributed by atoms with E-state index in [2.05, 4.69) is 37.2 Å². The number of rotatable bonds is 19. The number of esters is 1. The SMILES string of the molecule is CCCCCC(=O)N[C@H](Cc1ccccc1)C(=O)N[C@@H]1C(=O)N[C@H](CC(C)C)C(=O)N[C@H](Cc2ccccc2)C(=O)N[C@H](CC(C)C)C(=O)N[C@@H]([C@@H](C)OC(C)(C)C)C(=O)N[C@@H](COC(C)(C)C)C(=O)O[C@@H]1C. The third kappa shape index (κ3) is 22.4. The van der Waals surface area contributed by atoms with Crippen LogP contribution in [0.4, 0.5) is 0 Å². The minimum absolute atomic E-state index is 0.00504. The molecule has 73 heavy (non-hydrogen) atoms. The third-order valence-corrected chi connectivity index (χ3v) is 11.8. The van der Waals surface area contributed by atoms with Gasteiger partial charge in [-0.1, -0.05) is 108 Å². The van der Waals surface area contributed by atoms with Crippen LogP contribution in [0.15, 0.2) is 60.7 Å². The summed E-state index contributed by atoms with van der Waals surface area (Å²) < 4.78 is 18.2. The number of hydrogen-bond donors (Lipinski definition) is 7. The van der Waals surface area contributed by atoms with Gasteiger partial charge in [-0.15, -0.1) is 0 Å². The van der Waals surface area contributed by atoms with Gasteiger partial charge in [0.1, 0.15) is 42.4 Å². The molecule has 0 saturated carbocycles. The molecule has 0 aliphatic carbocycles. The van der Waals surface area contributed by atoms with Crippen molar-refractivity contribution >= 4 is 47.3 Å². The molecule has 1 aliphatic heterocycles. The van der Waals surface area contributed by atoms with E-state index in [-0.39, 0.29) is 49.8 Å².